The lowest BCUT2D eigenvalue weighted by molar-refractivity contribution is -0.137. The highest BCUT2D eigenvalue weighted by Gasteiger charge is 2.32. The highest BCUT2D eigenvalue weighted by molar-refractivity contribution is 6.29. The first-order valence-electron chi connectivity index (χ1n) is 7.16. The fourth-order valence-corrected chi connectivity index (χ4v) is 2.46. The van der Waals surface area contributed by atoms with Crippen LogP contribution in [0.2, 0.25) is 5.15 Å². The van der Waals surface area contributed by atoms with Gasteiger partial charge in [0.25, 0.3) is 5.91 Å². The monoisotopic (exact) mass is 312 g/mol. The summed E-state index contributed by atoms with van der Waals surface area (Å²) < 4.78 is 11.1. The molecule has 21 heavy (non-hydrogen) atoms. The van der Waals surface area contributed by atoms with Gasteiger partial charge in [0.1, 0.15) is 11.3 Å². The van der Waals surface area contributed by atoms with E-state index in [0.29, 0.717) is 23.9 Å². The molecule has 0 aromatic carbocycles. The molecule has 1 amide bonds. The number of carbonyl (C=O) groups excluding carboxylic acids is 1. The van der Waals surface area contributed by atoms with Crippen LogP contribution in [-0.4, -0.2) is 35.9 Å². The Morgan fingerprint density at radius 3 is 2.90 bits per heavy atom. The number of amides is 1. The van der Waals surface area contributed by atoms with E-state index in [1.165, 1.54) is 0 Å². The van der Waals surface area contributed by atoms with E-state index in [9.17, 15) is 4.79 Å². The van der Waals surface area contributed by atoms with Gasteiger partial charge in [0.15, 0.2) is 5.79 Å². The van der Waals surface area contributed by atoms with Gasteiger partial charge >= 0.3 is 0 Å². The molecule has 1 unspecified atom stereocenters. The first-order chi connectivity index (χ1) is 9.89. The summed E-state index contributed by atoms with van der Waals surface area (Å²) in [5, 5.41) is 3.19. The van der Waals surface area contributed by atoms with Crippen molar-refractivity contribution in [2.45, 2.75) is 45.5 Å². The summed E-state index contributed by atoms with van der Waals surface area (Å²) in [6.07, 6.45) is 1.63. The summed E-state index contributed by atoms with van der Waals surface area (Å²) >= 11 is 5.96. The van der Waals surface area contributed by atoms with Crippen LogP contribution in [0, 0.1) is 0 Å². The van der Waals surface area contributed by atoms with E-state index in [-0.39, 0.29) is 12.0 Å². The van der Waals surface area contributed by atoms with Crippen LogP contribution in [0.4, 0.5) is 0 Å². The van der Waals surface area contributed by atoms with Crippen LogP contribution in [0.5, 0.6) is 0 Å². The normalized spacial score (nSPS) is 20.5. The average molecular weight is 313 g/mol. The topological polar surface area (TPSA) is 60.5 Å². The SMILES string of the molecule is CCCc1cc(C(=O)NCC2COC(C)(C)O2)cc(Cl)n1. The molecule has 0 bridgehead atoms. The van der Waals surface area contributed by atoms with E-state index in [0.717, 1.165) is 18.5 Å². The van der Waals surface area contributed by atoms with Crippen molar-refractivity contribution in [3.8, 4) is 0 Å². The van der Waals surface area contributed by atoms with Crippen molar-refractivity contribution in [1.82, 2.24) is 10.3 Å². The molecule has 6 heteroatoms. The molecule has 1 aromatic rings. The fraction of sp³-hybridized carbons (Fsp3) is 0.600. The number of hydrogen-bond acceptors (Lipinski definition) is 4. The van der Waals surface area contributed by atoms with Gasteiger partial charge in [-0.05, 0) is 32.4 Å². The lowest BCUT2D eigenvalue weighted by Crippen LogP contribution is -2.34. The number of aryl methyl sites for hydroxylation is 1. The van der Waals surface area contributed by atoms with Crippen molar-refractivity contribution in [1.29, 1.82) is 0 Å². The van der Waals surface area contributed by atoms with Crippen LogP contribution in [0.15, 0.2) is 12.1 Å². The number of nitrogens with one attached hydrogen (secondary N) is 1. The van der Waals surface area contributed by atoms with Gasteiger partial charge < -0.3 is 14.8 Å². The highest BCUT2D eigenvalue weighted by Crippen LogP contribution is 2.21. The third-order valence-corrected chi connectivity index (χ3v) is 3.37. The molecule has 1 aliphatic rings. The van der Waals surface area contributed by atoms with Crippen molar-refractivity contribution in [2.75, 3.05) is 13.2 Å². The van der Waals surface area contributed by atoms with E-state index in [1.807, 2.05) is 13.8 Å². The number of ether oxygens (including phenoxy) is 2. The first-order valence-corrected chi connectivity index (χ1v) is 7.54. The molecule has 0 aliphatic carbocycles. The quantitative estimate of drug-likeness (QED) is 0.849. The predicted octanol–water partition coefficient (Wildman–Crippen LogP) is 2.57. The van der Waals surface area contributed by atoms with Crippen molar-refractivity contribution in [2.24, 2.45) is 0 Å². The Balaban J connectivity index is 1.94. The maximum absolute atomic E-state index is 12.2. The fourth-order valence-electron chi connectivity index (χ4n) is 2.24. The molecule has 1 saturated heterocycles. The molecule has 1 aromatic heterocycles. The number of aromatic nitrogens is 1. The molecule has 0 spiro atoms. The standard InChI is InChI=1S/C15H21ClN2O3/c1-4-5-11-6-10(7-13(16)18-11)14(19)17-8-12-9-20-15(2,3)21-12/h6-7,12H,4-5,8-9H2,1-3H3,(H,17,19). The Bertz CT molecular complexity index is 520. The van der Waals surface area contributed by atoms with Gasteiger partial charge in [0.05, 0.1) is 6.61 Å². The maximum atomic E-state index is 12.2. The number of carbonyl (C=O) groups is 1. The Hall–Kier alpha value is -1.17. The van der Waals surface area contributed by atoms with Gasteiger partial charge in [-0.25, -0.2) is 4.98 Å². The molecule has 116 valence electrons. The van der Waals surface area contributed by atoms with Crippen LogP contribution in [0.3, 0.4) is 0 Å². The number of halogens is 1. The minimum atomic E-state index is -0.580. The van der Waals surface area contributed by atoms with Crippen LogP contribution >= 0.6 is 11.6 Å². The predicted molar refractivity (Wildman–Crippen MR) is 80.5 cm³/mol. The zero-order valence-electron chi connectivity index (χ0n) is 12.6. The molecule has 1 fully saturated rings. The molecule has 0 radical (unpaired) electrons. The van der Waals surface area contributed by atoms with Crippen molar-refractivity contribution >= 4 is 17.5 Å². The zero-order valence-corrected chi connectivity index (χ0v) is 13.4. The van der Waals surface area contributed by atoms with E-state index in [1.54, 1.807) is 12.1 Å². The molecular formula is C15H21ClN2O3. The number of rotatable bonds is 5. The minimum absolute atomic E-state index is 0.128. The molecule has 2 heterocycles. The summed E-state index contributed by atoms with van der Waals surface area (Å²) in [4.78, 5) is 16.4. The van der Waals surface area contributed by atoms with E-state index in [4.69, 9.17) is 21.1 Å². The van der Waals surface area contributed by atoms with Crippen molar-refractivity contribution in [3.63, 3.8) is 0 Å². The van der Waals surface area contributed by atoms with Crippen LogP contribution in [0.25, 0.3) is 0 Å². The molecule has 1 N–H and O–H groups in total. The van der Waals surface area contributed by atoms with E-state index < -0.39 is 5.79 Å². The third-order valence-electron chi connectivity index (χ3n) is 3.17. The lowest BCUT2D eigenvalue weighted by Gasteiger charge is -2.17. The summed E-state index contributed by atoms with van der Waals surface area (Å²) in [6, 6.07) is 3.35. The highest BCUT2D eigenvalue weighted by atomic mass is 35.5. The largest absolute Gasteiger partial charge is 0.349 e. The minimum Gasteiger partial charge on any atom is -0.349 e. The Labute approximate surface area is 130 Å². The first kappa shape index (κ1) is 16.2. The van der Waals surface area contributed by atoms with Crippen molar-refractivity contribution < 1.29 is 14.3 Å². The Morgan fingerprint density at radius 2 is 2.29 bits per heavy atom. The van der Waals surface area contributed by atoms with E-state index in [2.05, 4.69) is 17.2 Å². The smallest absolute Gasteiger partial charge is 0.251 e. The third kappa shape index (κ3) is 4.66. The Morgan fingerprint density at radius 1 is 1.52 bits per heavy atom. The van der Waals surface area contributed by atoms with Gasteiger partial charge in [-0.15, -0.1) is 0 Å². The number of nitrogens with zero attached hydrogens (tertiary/aromatic N) is 1. The van der Waals surface area contributed by atoms with Crippen LogP contribution < -0.4 is 5.32 Å². The average Bonchev–Trinajstić information content (AvgIpc) is 2.75. The Kier molecular flexibility index (Phi) is 5.19. The van der Waals surface area contributed by atoms with Gasteiger partial charge in [-0.2, -0.15) is 0 Å². The number of pyridine rings is 1. The van der Waals surface area contributed by atoms with Gasteiger partial charge in [0, 0.05) is 17.8 Å². The second-order valence-electron chi connectivity index (χ2n) is 5.58. The second kappa shape index (κ2) is 6.73. The summed E-state index contributed by atoms with van der Waals surface area (Å²) in [5.74, 6) is -0.756. The lowest BCUT2D eigenvalue weighted by atomic mass is 10.1. The van der Waals surface area contributed by atoms with Crippen LogP contribution in [-0.2, 0) is 15.9 Å². The molecule has 2 rings (SSSR count). The second-order valence-corrected chi connectivity index (χ2v) is 5.97. The summed E-state index contributed by atoms with van der Waals surface area (Å²) in [7, 11) is 0. The van der Waals surface area contributed by atoms with Crippen LogP contribution in [0.1, 0.15) is 43.2 Å². The molecule has 1 atom stereocenters. The maximum Gasteiger partial charge on any atom is 0.251 e. The van der Waals surface area contributed by atoms with Gasteiger partial charge in [-0.3, -0.25) is 4.79 Å². The molecule has 1 aliphatic heterocycles. The summed E-state index contributed by atoms with van der Waals surface area (Å²) in [5.41, 5.74) is 1.35. The molecule has 5 nitrogen and oxygen atoms in total. The number of hydrogen-bond donors (Lipinski definition) is 1. The van der Waals surface area contributed by atoms with Gasteiger partial charge in [0.2, 0.25) is 0 Å². The molecular weight excluding hydrogens is 292 g/mol. The summed E-state index contributed by atoms with van der Waals surface area (Å²) in [6.45, 7) is 6.65. The van der Waals surface area contributed by atoms with Gasteiger partial charge in [-0.1, -0.05) is 24.9 Å². The zero-order chi connectivity index (χ0) is 15.5. The van der Waals surface area contributed by atoms with E-state index >= 15 is 0 Å². The van der Waals surface area contributed by atoms with Crippen molar-refractivity contribution in [3.05, 3.63) is 28.5 Å². The molecule has 0 saturated carbocycles.